The van der Waals surface area contributed by atoms with Crippen molar-refractivity contribution in [3.8, 4) is 23.1 Å². The van der Waals surface area contributed by atoms with Gasteiger partial charge in [-0.3, -0.25) is 4.79 Å². The van der Waals surface area contributed by atoms with Crippen LogP contribution >= 0.6 is 0 Å². The number of unbranched alkanes of at least 4 members (excludes halogenated alkanes) is 7. The maximum atomic E-state index is 12.8. The smallest absolute Gasteiger partial charge is 0.336 e. The van der Waals surface area contributed by atoms with Crippen molar-refractivity contribution >= 4 is 5.91 Å². The van der Waals surface area contributed by atoms with E-state index in [9.17, 15) is 4.79 Å². The second-order valence-electron chi connectivity index (χ2n) is 7.33. The summed E-state index contributed by atoms with van der Waals surface area (Å²) < 4.78 is 12.3. The number of nitrogens with zero attached hydrogens (tertiary/aromatic N) is 3. The monoisotopic (exact) mass is 401 g/mol. The van der Waals surface area contributed by atoms with Crippen LogP contribution in [-0.4, -0.2) is 34.4 Å². The highest BCUT2D eigenvalue weighted by Crippen LogP contribution is 2.23. The lowest BCUT2D eigenvalue weighted by molar-refractivity contribution is 0.0882. The van der Waals surface area contributed by atoms with Gasteiger partial charge in [0, 0.05) is 12.0 Å². The minimum atomic E-state index is -0.0396. The Kier molecular flexibility index (Phi) is 10.2. The number of rotatable bonds is 14. The van der Waals surface area contributed by atoms with Crippen molar-refractivity contribution in [1.82, 2.24) is 14.8 Å². The van der Waals surface area contributed by atoms with Gasteiger partial charge < -0.3 is 9.47 Å². The number of hydrogen-bond acceptors (Lipinski definition) is 5. The summed E-state index contributed by atoms with van der Waals surface area (Å²) in [7, 11) is 1.63. The average molecular weight is 402 g/mol. The molecule has 0 saturated heterocycles. The van der Waals surface area contributed by atoms with Gasteiger partial charge in [0.15, 0.2) is 5.82 Å². The third kappa shape index (κ3) is 7.52. The lowest BCUT2D eigenvalue weighted by Crippen LogP contribution is -2.14. The molecule has 0 atom stereocenters. The molecule has 2 rings (SSSR count). The molecule has 160 valence electrons. The topological polar surface area (TPSA) is 66.2 Å². The van der Waals surface area contributed by atoms with Crippen LogP contribution in [0.4, 0.5) is 0 Å². The minimum Gasteiger partial charge on any atom is -0.497 e. The molecule has 1 aromatic heterocycles. The number of carbonyl (C=O) groups is 1. The SMILES string of the molecule is CCCCCCCCCC(=O)n1nc(OCCCC)nc1-c1ccc(OC)cc1. The Morgan fingerprint density at radius 3 is 2.24 bits per heavy atom. The van der Waals surface area contributed by atoms with E-state index >= 15 is 0 Å². The summed E-state index contributed by atoms with van der Waals surface area (Å²) in [5, 5.41) is 4.34. The standard InChI is InChI=1S/C23H35N3O3/c1-4-6-8-9-10-11-12-13-21(27)26-22(19-14-16-20(28-3)17-15-19)24-23(25-26)29-18-7-5-2/h14-17H,4-13,18H2,1-3H3. The molecule has 1 aromatic carbocycles. The van der Waals surface area contributed by atoms with Gasteiger partial charge in [0.1, 0.15) is 5.75 Å². The van der Waals surface area contributed by atoms with E-state index in [2.05, 4.69) is 23.9 Å². The molecule has 0 bridgehead atoms. The molecule has 29 heavy (non-hydrogen) atoms. The summed E-state index contributed by atoms with van der Waals surface area (Å²) in [4.78, 5) is 17.3. The first-order chi connectivity index (χ1) is 14.2. The van der Waals surface area contributed by atoms with Gasteiger partial charge in [0.05, 0.1) is 13.7 Å². The van der Waals surface area contributed by atoms with Crippen molar-refractivity contribution in [2.45, 2.75) is 78.1 Å². The first-order valence-electron chi connectivity index (χ1n) is 11.0. The Balaban J connectivity index is 2.03. The number of carbonyl (C=O) groups excluding carboxylic acids is 1. The van der Waals surface area contributed by atoms with Gasteiger partial charge in [-0.05, 0) is 37.1 Å². The van der Waals surface area contributed by atoms with E-state index in [1.807, 2.05) is 24.3 Å². The van der Waals surface area contributed by atoms with Gasteiger partial charge in [-0.25, -0.2) is 0 Å². The number of benzene rings is 1. The van der Waals surface area contributed by atoms with Gasteiger partial charge in [0.2, 0.25) is 5.91 Å². The van der Waals surface area contributed by atoms with Crippen molar-refractivity contribution in [2.75, 3.05) is 13.7 Å². The van der Waals surface area contributed by atoms with Gasteiger partial charge in [-0.1, -0.05) is 58.8 Å². The van der Waals surface area contributed by atoms with Gasteiger partial charge >= 0.3 is 6.01 Å². The molecule has 0 N–H and O–H groups in total. The molecular formula is C23H35N3O3. The zero-order valence-corrected chi connectivity index (χ0v) is 18.2. The van der Waals surface area contributed by atoms with E-state index < -0.39 is 0 Å². The summed E-state index contributed by atoms with van der Waals surface area (Å²) in [5.41, 5.74) is 0.816. The fraction of sp³-hybridized carbons (Fsp3) is 0.609. The van der Waals surface area contributed by atoms with Crippen LogP contribution in [-0.2, 0) is 0 Å². The average Bonchev–Trinajstić information content (AvgIpc) is 3.17. The Morgan fingerprint density at radius 2 is 1.59 bits per heavy atom. The van der Waals surface area contributed by atoms with Crippen LogP contribution in [0.15, 0.2) is 24.3 Å². The summed E-state index contributed by atoms with van der Waals surface area (Å²) in [5.74, 6) is 1.24. The number of methoxy groups -OCH3 is 1. The third-order valence-electron chi connectivity index (χ3n) is 4.90. The first kappa shape index (κ1) is 22.9. The molecule has 6 nitrogen and oxygen atoms in total. The molecule has 0 amide bonds. The van der Waals surface area contributed by atoms with Crippen LogP contribution in [0.25, 0.3) is 11.4 Å². The highest BCUT2D eigenvalue weighted by Gasteiger charge is 2.18. The van der Waals surface area contributed by atoms with Crippen molar-refractivity contribution in [3.05, 3.63) is 24.3 Å². The molecule has 0 fully saturated rings. The molecule has 0 aliphatic carbocycles. The van der Waals surface area contributed by atoms with Crippen LogP contribution in [0.5, 0.6) is 11.8 Å². The zero-order chi connectivity index (χ0) is 20.9. The van der Waals surface area contributed by atoms with E-state index in [-0.39, 0.29) is 11.9 Å². The van der Waals surface area contributed by atoms with Crippen LogP contribution in [0, 0.1) is 0 Å². The van der Waals surface area contributed by atoms with E-state index in [1.54, 1.807) is 7.11 Å². The quantitative estimate of drug-likeness (QED) is 0.368. The summed E-state index contributed by atoms with van der Waals surface area (Å²) in [6.07, 6.45) is 10.6. The van der Waals surface area contributed by atoms with E-state index in [1.165, 1.54) is 36.8 Å². The zero-order valence-electron chi connectivity index (χ0n) is 18.2. The maximum absolute atomic E-state index is 12.8. The third-order valence-corrected chi connectivity index (χ3v) is 4.90. The molecule has 0 radical (unpaired) electrons. The van der Waals surface area contributed by atoms with Crippen LogP contribution in [0.2, 0.25) is 0 Å². The fourth-order valence-corrected chi connectivity index (χ4v) is 3.10. The number of ether oxygens (including phenoxy) is 2. The van der Waals surface area contributed by atoms with Gasteiger partial charge in [-0.2, -0.15) is 9.67 Å². The molecule has 0 saturated carbocycles. The predicted molar refractivity (Wildman–Crippen MR) is 116 cm³/mol. The first-order valence-corrected chi connectivity index (χ1v) is 11.0. The second kappa shape index (κ2) is 13.0. The Hall–Kier alpha value is -2.37. The van der Waals surface area contributed by atoms with Crippen LogP contribution in [0.1, 0.15) is 82.9 Å². The van der Waals surface area contributed by atoms with Gasteiger partial charge in [-0.15, -0.1) is 5.10 Å². The Bertz CT molecular complexity index is 725. The van der Waals surface area contributed by atoms with Gasteiger partial charge in [0.25, 0.3) is 0 Å². The van der Waals surface area contributed by atoms with Crippen LogP contribution in [0.3, 0.4) is 0 Å². The van der Waals surface area contributed by atoms with Crippen molar-refractivity contribution in [2.24, 2.45) is 0 Å². The molecule has 0 unspecified atom stereocenters. The number of aromatic nitrogens is 3. The predicted octanol–water partition coefficient (Wildman–Crippen LogP) is 5.91. The normalized spacial score (nSPS) is 10.9. The summed E-state index contributed by atoms with van der Waals surface area (Å²) in [6, 6.07) is 7.74. The lowest BCUT2D eigenvalue weighted by atomic mass is 10.1. The molecule has 0 aliphatic heterocycles. The van der Waals surface area contributed by atoms with Crippen molar-refractivity contribution in [3.63, 3.8) is 0 Å². The highest BCUT2D eigenvalue weighted by atomic mass is 16.5. The van der Waals surface area contributed by atoms with Crippen LogP contribution < -0.4 is 9.47 Å². The second-order valence-corrected chi connectivity index (χ2v) is 7.33. The highest BCUT2D eigenvalue weighted by molar-refractivity contribution is 5.82. The van der Waals surface area contributed by atoms with Crippen molar-refractivity contribution in [1.29, 1.82) is 0 Å². The summed E-state index contributed by atoms with van der Waals surface area (Å²) in [6.45, 7) is 4.87. The molecule has 1 heterocycles. The minimum absolute atomic E-state index is 0.0396. The Labute approximate surface area is 174 Å². The molecular weight excluding hydrogens is 366 g/mol. The molecule has 2 aromatic rings. The fourth-order valence-electron chi connectivity index (χ4n) is 3.10. The molecule has 0 aliphatic rings. The van der Waals surface area contributed by atoms with E-state index in [0.29, 0.717) is 18.9 Å². The lowest BCUT2D eigenvalue weighted by Gasteiger charge is -2.06. The molecule has 6 heteroatoms. The molecule has 0 spiro atoms. The maximum Gasteiger partial charge on any atom is 0.336 e. The number of hydrogen-bond donors (Lipinski definition) is 0. The van der Waals surface area contributed by atoms with E-state index in [0.717, 1.165) is 37.0 Å². The largest absolute Gasteiger partial charge is 0.497 e. The van der Waals surface area contributed by atoms with E-state index in [4.69, 9.17) is 9.47 Å². The Morgan fingerprint density at radius 1 is 0.931 bits per heavy atom. The van der Waals surface area contributed by atoms with Crippen molar-refractivity contribution < 1.29 is 14.3 Å². The summed E-state index contributed by atoms with van der Waals surface area (Å²) >= 11 is 0.